The van der Waals surface area contributed by atoms with E-state index in [1.807, 2.05) is 56.6 Å². The van der Waals surface area contributed by atoms with E-state index in [1.54, 1.807) is 20.2 Å². The summed E-state index contributed by atoms with van der Waals surface area (Å²) in [6, 6.07) is 11.2. The van der Waals surface area contributed by atoms with Crippen molar-refractivity contribution in [1.82, 2.24) is 24.5 Å². The number of hydrogen-bond donors (Lipinski definition) is 2. The normalized spacial score (nSPS) is 15.5. The van der Waals surface area contributed by atoms with E-state index >= 15 is 0 Å². The first-order chi connectivity index (χ1) is 13.5. The second-order valence-electron chi connectivity index (χ2n) is 7.12. The highest BCUT2D eigenvalue weighted by Gasteiger charge is 2.42. The molecule has 1 aromatic carbocycles. The van der Waals surface area contributed by atoms with E-state index in [1.165, 1.54) is 0 Å². The third-order valence-electron chi connectivity index (χ3n) is 5.59. The van der Waals surface area contributed by atoms with Gasteiger partial charge in [0.05, 0.1) is 11.4 Å². The second-order valence-corrected chi connectivity index (χ2v) is 7.12. The highest BCUT2D eigenvalue weighted by Crippen LogP contribution is 2.29. The smallest absolute Gasteiger partial charge is 0.295 e. The fourth-order valence-corrected chi connectivity index (χ4v) is 3.86. The van der Waals surface area contributed by atoms with Crippen molar-refractivity contribution < 1.29 is 4.79 Å². The van der Waals surface area contributed by atoms with E-state index < -0.39 is 5.54 Å². The summed E-state index contributed by atoms with van der Waals surface area (Å²) in [5, 5.41) is 10.5. The Morgan fingerprint density at radius 1 is 1.17 bits per heavy atom. The Kier molecular flexibility index (Phi) is 5.95. The molecule has 0 radical (unpaired) electrons. The third-order valence-corrected chi connectivity index (χ3v) is 5.59. The summed E-state index contributed by atoms with van der Waals surface area (Å²) in [5.74, 6) is -0.205. The number of halogens is 1. The lowest BCUT2D eigenvalue weighted by atomic mass is 9.87. The molecule has 8 nitrogen and oxygen atoms in total. The maximum atomic E-state index is 13.4. The maximum absolute atomic E-state index is 13.4. The van der Waals surface area contributed by atoms with E-state index in [0.717, 1.165) is 18.8 Å². The van der Waals surface area contributed by atoms with E-state index in [-0.39, 0.29) is 23.9 Å². The summed E-state index contributed by atoms with van der Waals surface area (Å²) in [6.45, 7) is 3.27. The van der Waals surface area contributed by atoms with Crippen LogP contribution in [0.5, 0.6) is 0 Å². The molecule has 4 rings (SSSR count). The van der Waals surface area contributed by atoms with E-state index in [0.29, 0.717) is 24.2 Å². The van der Waals surface area contributed by atoms with Gasteiger partial charge in [0.2, 0.25) is 0 Å². The van der Waals surface area contributed by atoms with Gasteiger partial charge in [0.25, 0.3) is 11.5 Å². The largest absolute Gasteiger partial charge is 0.318 e. The molecule has 1 amide bonds. The third kappa shape index (κ3) is 3.49. The number of anilines is 1. The van der Waals surface area contributed by atoms with Crippen LogP contribution in [-0.2, 0) is 17.4 Å². The summed E-state index contributed by atoms with van der Waals surface area (Å²) in [5.41, 5.74) is 0.709. The van der Waals surface area contributed by atoms with Crippen LogP contribution in [0.25, 0.3) is 5.69 Å². The van der Waals surface area contributed by atoms with Gasteiger partial charge in [-0.1, -0.05) is 18.2 Å². The van der Waals surface area contributed by atoms with Gasteiger partial charge in [0, 0.05) is 19.4 Å². The molecule has 0 atom stereocenters. The van der Waals surface area contributed by atoms with Crippen molar-refractivity contribution in [3.05, 3.63) is 64.8 Å². The van der Waals surface area contributed by atoms with Gasteiger partial charge in [0.1, 0.15) is 11.2 Å². The van der Waals surface area contributed by atoms with Gasteiger partial charge in [-0.25, -0.2) is 4.68 Å². The van der Waals surface area contributed by atoms with Gasteiger partial charge in [0.15, 0.2) is 0 Å². The van der Waals surface area contributed by atoms with Gasteiger partial charge in [-0.15, -0.1) is 12.4 Å². The minimum atomic E-state index is -0.805. The summed E-state index contributed by atoms with van der Waals surface area (Å²) < 4.78 is 5.04. The first-order valence-corrected chi connectivity index (χ1v) is 9.41. The minimum Gasteiger partial charge on any atom is -0.318 e. The van der Waals surface area contributed by atoms with Crippen LogP contribution in [0.2, 0.25) is 0 Å². The number of piperidine rings is 1. The van der Waals surface area contributed by atoms with Crippen LogP contribution in [0.1, 0.15) is 18.5 Å². The zero-order valence-corrected chi connectivity index (χ0v) is 17.3. The fraction of sp³-hybridized carbons (Fsp3) is 0.350. The molecule has 3 aromatic rings. The number of benzene rings is 1. The Morgan fingerprint density at radius 2 is 1.86 bits per heavy atom. The molecule has 2 aromatic heterocycles. The maximum Gasteiger partial charge on any atom is 0.295 e. The number of carbonyl (C=O) groups excluding carboxylic acids is 1. The van der Waals surface area contributed by atoms with Crippen molar-refractivity contribution in [3.63, 3.8) is 0 Å². The standard InChI is InChI=1S/C20H24N6O2.ClH/c1-15-17(18(27)26(24(15)2)16-7-4-3-5-8-16)23-19(28)20(9-12-21-13-10-20)25-14-6-11-22-25;/h3-8,11,14,21H,9-10,12-13H2,1-2H3,(H,23,28);1H. The Morgan fingerprint density at radius 3 is 2.48 bits per heavy atom. The van der Waals surface area contributed by atoms with Gasteiger partial charge in [-0.3, -0.25) is 19.0 Å². The predicted molar refractivity (Wildman–Crippen MR) is 114 cm³/mol. The van der Waals surface area contributed by atoms with Gasteiger partial charge in [-0.05, 0) is 51.1 Å². The second kappa shape index (κ2) is 8.26. The van der Waals surface area contributed by atoms with Gasteiger partial charge >= 0.3 is 0 Å². The first-order valence-electron chi connectivity index (χ1n) is 9.41. The van der Waals surface area contributed by atoms with E-state index in [2.05, 4.69) is 15.7 Å². The highest BCUT2D eigenvalue weighted by molar-refractivity contribution is 5.97. The van der Waals surface area contributed by atoms with Gasteiger partial charge < -0.3 is 10.6 Å². The van der Waals surface area contributed by atoms with Crippen molar-refractivity contribution in [1.29, 1.82) is 0 Å². The lowest BCUT2D eigenvalue weighted by molar-refractivity contribution is -0.126. The van der Waals surface area contributed by atoms with Gasteiger partial charge in [-0.2, -0.15) is 5.10 Å². The number of hydrogen-bond acceptors (Lipinski definition) is 4. The SMILES string of the molecule is Cc1c(NC(=O)C2(n3cccn3)CCNCC2)c(=O)n(-c2ccccc2)n1C.Cl. The highest BCUT2D eigenvalue weighted by atomic mass is 35.5. The molecule has 2 N–H and O–H groups in total. The van der Waals surface area contributed by atoms with Crippen LogP contribution in [0.3, 0.4) is 0 Å². The van der Waals surface area contributed by atoms with E-state index in [4.69, 9.17) is 0 Å². The lowest BCUT2D eigenvalue weighted by Gasteiger charge is -2.36. The molecule has 0 unspecified atom stereocenters. The average Bonchev–Trinajstić information content (AvgIpc) is 3.34. The number of carbonyl (C=O) groups is 1. The van der Waals surface area contributed by atoms with E-state index in [9.17, 15) is 9.59 Å². The summed E-state index contributed by atoms with van der Waals surface area (Å²) in [7, 11) is 1.81. The molecule has 154 valence electrons. The topological polar surface area (TPSA) is 85.9 Å². The molecule has 1 saturated heterocycles. The Balaban J connectivity index is 0.00000240. The van der Waals surface area contributed by atoms with Crippen molar-refractivity contribution in [2.75, 3.05) is 18.4 Å². The molecule has 29 heavy (non-hydrogen) atoms. The summed E-state index contributed by atoms with van der Waals surface area (Å²) in [4.78, 5) is 26.5. The van der Waals surface area contributed by atoms with Crippen LogP contribution in [0, 0.1) is 6.92 Å². The van der Waals surface area contributed by atoms with Crippen LogP contribution in [0.15, 0.2) is 53.6 Å². The molecule has 1 aliphatic heterocycles. The summed E-state index contributed by atoms with van der Waals surface area (Å²) >= 11 is 0. The van der Waals surface area contributed by atoms with Crippen LogP contribution in [0.4, 0.5) is 5.69 Å². The number of nitrogens with one attached hydrogen (secondary N) is 2. The van der Waals surface area contributed by atoms with Crippen molar-refractivity contribution >= 4 is 24.0 Å². The summed E-state index contributed by atoms with van der Waals surface area (Å²) in [6.07, 6.45) is 4.71. The number of nitrogens with zero attached hydrogens (tertiary/aromatic N) is 4. The molecule has 3 heterocycles. The molecular weight excluding hydrogens is 392 g/mol. The quantitative estimate of drug-likeness (QED) is 0.679. The van der Waals surface area contributed by atoms with Crippen LogP contribution < -0.4 is 16.2 Å². The Labute approximate surface area is 174 Å². The molecule has 0 saturated carbocycles. The fourth-order valence-electron chi connectivity index (χ4n) is 3.86. The lowest BCUT2D eigenvalue weighted by Crippen LogP contribution is -2.52. The zero-order chi connectivity index (χ0) is 19.7. The molecule has 1 aliphatic rings. The Bertz CT molecular complexity index is 1030. The number of aromatic nitrogens is 4. The first kappa shape index (κ1) is 20.9. The number of amides is 1. The Hall–Kier alpha value is -2.84. The van der Waals surface area contributed by atoms with Crippen LogP contribution in [-0.4, -0.2) is 38.1 Å². The minimum absolute atomic E-state index is 0. The molecule has 1 fully saturated rings. The number of rotatable bonds is 4. The van der Waals surface area contributed by atoms with Crippen molar-refractivity contribution in [2.24, 2.45) is 7.05 Å². The molecule has 0 aliphatic carbocycles. The molecular formula is C20H25ClN6O2. The van der Waals surface area contributed by atoms with Crippen molar-refractivity contribution in [2.45, 2.75) is 25.3 Å². The predicted octanol–water partition coefficient (Wildman–Crippen LogP) is 1.82. The molecule has 0 bridgehead atoms. The monoisotopic (exact) mass is 416 g/mol. The molecule has 9 heteroatoms. The number of para-hydroxylation sites is 1. The average molecular weight is 417 g/mol. The van der Waals surface area contributed by atoms with Crippen LogP contribution >= 0.6 is 12.4 Å². The molecule has 0 spiro atoms. The van der Waals surface area contributed by atoms with Crippen molar-refractivity contribution in [3.8, 4) is 5.69 Å². The zero-order valence-electron chi connectivity index (χ0n) is 16.5.